The van der Waals surface area contributed by atoms with Crippen LogP contribution in [0.2, 0.25) is 0 Å². The minimum atomic E-state index is -4.20. The molecule has 0 saturated heterocycles. The van der Waals surface area contributed by atoms with Crippen molar-refractivity contribution >= 4 is 43.0 Å². The lowest BCUT2D eigenvalue weighted by atomic mass is 10.2. The van der Waals surface area contributed by atoms with Crippen molar-refractivity contribution in [3.8, 4) is 11.8 Å². The van der Waals surface area contributed by atoms with Crippen molar-refractivity contribution in [2.75, 3.05) is 10.9 Å². The van der Waals surface area contributed by atoms with Crippen molar-refractivity contribution in [2.45, 2.75) is 4.90 Å². The molecule has 0 atom stereocenters. The minimum absolute atomic E-state index is 0.120. The normalized spacial score (nSPS) is 11.2. The Balaban J connectivity index is 1.91. The molecule has 30 heavy (non-hydrogen) atoms. The third kappa shape index (κ3) is 3.56. The van der Waals surface area contributed by atoms with Gasteiger partial charge in [-0.25, -0.2) is 22.1 Å². The number of nitrogens with zero attached hydrogens (tertiary/aromatic N) is 4. The van der Waals surface area contributed by atoms with Crippen molar-refractivity contribution in [2.24, 2.45) is 0 Å². The largest absolute Gasteiger partial charge is 0.477 e. The molecule has 7 nitrogen and oxygen atoms in total. The first-order valence-corrected chi connectivity index (χ1v) is 10.9. The summed E-state index contributed by atoms with van der Waals surface area (Å²) >= 11 is 1.12. The van der Waals surface area contributed by atoms with Gasteiger partial charge in [0.25, 0.3) is 10.0 Å². The average molecular weight is 440 g/mol. The van der Waals surface area contributed by atoms with Crippen LogP contribution in [-0.4, -0.2) is 25.0 Å². The van der Waals surface area contributed by atoms with Gasteiger partial charge in [-0.1, -0.05) is 18.2 Å². The number of ether oxygens (including phenoxy) is 1. The van der Waals surface area contributed by atoms with E-state index < -0.39 is 15.8 Å². The molecular formula is C20H13FN4O3S2. The average Bonchev–Trinajstić information content (AvgIpc) is 3.27. The van der Waals surface area contributed by atoms with Crippen LogP contribution < -0.4 is 9.04 Å². The number of benzene rings is 2. The lowest BCUT2D eigenvalue weighted by Crippen LogP contribution is -2.26. The van der Waals surface area contributed by atoms with Gasteiger partial charge in [0.05, 0.1) is 11.1 Å². The Morgan fingerprint density at radius 2 is 2.03 bits per heavy atom. The van der Waals surface area contributed by atoms with Crippen LogP contribution in [0.5, 0.6) is 5.75 Å². The van der Waals surface area contributed by atoms with E-state index in [0.717, 1.165) is 21.8 Å². The molecule has 0 aliphatic rings. The van der Waals surface area contributed by atoms with E-state index in [1.807, 2.05) is 6.07 Å². The zero-order chi connectivity index (χ0) is 21.1. The quantitative estimate of drug-likeness (QED) is 0.444. The summed E-state index contributed by atoms with van der Waals surface area (Å²) in [5, 5.41) is 11.3. The van der Waals surface area contributed by atoms with E-state index in [2.05, 4.69) is 9.97 Å². The number of sulfonamides is 1. The maximum Gasteiger partial charge on any atom is 0.270 e. The second-order valence-corrected chi connectivity index (χ2v) is 8.66. The van der Waals surface area contributed by atoms with E-state index in [-0.39, 0.29) is 33.5 Å². The molecule has 0 aliphatic heterocycles. The molecule has 0 fully saturated rings. The van der Waals surface area contributed by atoms with Gasteiger partial charge in [0.1, 0.15) is 23.3 Å². The van der Waals surface area contributed by atoms with Crippen molar-refractivity contribution in [1.29, 1.82) is 5.26 Å². The Morgan fingerprint density at radius 1 is 1.20 bits per heavy atom. The summed E-state index contributed by atoms with van der Waals surface area (Å²) in [5.74, 6) is -0.419. The van der Waals surface area contributed by atoms with Crippen molar-refractivity contribution in [3.63, 3.8) is 0 Å². The summed E-state index contributed by atoms with van der Waals surface area (Å²) in [5.41, 5.74) is 0.193. The number of halogens is 1. The van der Waals surface area contributed by atoms with Gasteiger partial charge in [0, 0.05) is 28.5 Å². The number of thiazole rings is 1. The van der Waals surface area contributed by atoms with Gasteiger partial charge < -0.3 is 4.74 Å². The van der Waals surface area contributed by atoms with Gasteiger partial charge in [0.15, 0.2) is 6.61 Å². The van der Waals surface area contributed by atoms with Crippen LogP contribution in [0.1, 0.15) is 0 Å². The molecule has 0 radical (unpaired) electrons. The number of pyridine rings is 1. The van der Waals surface area contributed by atoms with Crippen LogP contribution >= 0.6 is 11.3 Å². The topological polar surface area (TPSA) is 96.2 Å². The molecule has 4 rings (SSSR count). The Morgan fingerprint density at radius 3 is 2.80 bits per heavy atom. The van der Waals surface area contributed by atoms with E-state index >= 15 is 0 Å². The molecule has 0 spiro atoms. The second-order valence-electron chi connectivity index (χ2n) is 6.00. The first-order valence-electron chi connectivity index (χ1n) is 8.59. The summed E-state index contributed by atoms with van der Waals surface area (Å²) in [6.45, 7) is -0.253. The van der Waals surface area contributed by atoms with Gasteiger partial charge in [-0.05, 0) is 24.3 Å². The molecule has 0 bridgehead atoms. The first-order chi connectivity index (χ1) is 14.5. The van der Waals surface area contributed by atoms with Crippen LogP contribution in [0.25, 0.3) is 10.8 Å². The fraction of sp³-hybridized carbons (Fsp3) is 0.0500. The van der Waals surface area contributed by atoms with Gasteiger partial charge in [-0.15, -0.1) is 11.3 Å². The molecule has 2 heterocycles. The van der Waals surface area contributed by atoms with Crippen LogP contribution in [0.3, 0.4) is 0 Å². The summed E-state index contributed by atoms with van der Waals surface area (Å²) in [6, 6.07) is 12.4. The van der Waals surface area contributed by atoms with E-state index in [1.54, 1.807) is 29.6 Å². The number of rotatable bonds is 6. The highest BCUT2D eigenvalue weighted by molar-refractivity contribution is 7.93. The summed E-state index contributed by atoms with van der Waals surface area (Å²) in [4.78, 5) is 7.81. The molecule has 0 saturated carbocycles. The monoisotopic (exact) mass is 440 g/mol. The zero-order valence-corrected chi connectivity index (χ0v) is 16.9. The van der Waals surface area contributed by atoms with Crippen LogP contribution in [0, 0.1) is 17.1 Å². The van der Waals surface area contributed by atoms with Gasteiger partial charge in [0.2, 0.25) is 5.13 Å². The van der Waals surface area contributed by atoms with Crippen molar-refractivity contribution in [1.82, 2.24) is 9.97 Å². The lowest BCUT2D eigenvalue weighted by molar-refractivity contribution is 0.369. The van der Waals surface area contributed by atoms with E-state index in [9.17, 15) is 12.8 Å². The Bertz CT molecular complexity index is 1350. The lowest BCUT2D eigenvalue weighted by Gasteiger charge is -2.24. The Kier molecular flexibility index (Phi) is 5.31. The number of anilines is 2. The molecule has 150 valence electrons. The number of para-hydroxylation sites is 2. The highest BCUT2D eigenvalue weighted by atomic mass is 32.2. The molecule has 0 aliphatic carbocycles. The second kappa shape index (κ2) is 8.06. The van der Waals surface area contributed by atoms with E-state index in [4.69, 9.17) is 10.00 Å². The van der Waals surface area contributed by atoms with Crippen LogP contribution in [0.4, 0.5) is 15.2 Å². The molecule has 0 N–H and O–H groups in total. The smallest absolute Gasteiger partial charge is 0.270 e. The van der Waals surface area contributed by atoms with E-state index in [0.29, 0.717) is 5.39 Å². The third-order valence-corrected chi connectivity index (χ3v) is 6.76. The van der Waals surface area contributed by atoms with Gasteiger partial charge in [-0.3, -0.25) is 4.98 Å². The molecule has 2 aromatic carbocycles. The van der Waals surface area contributed by atoms with Crippen molar-refractivity contribution in [3.05, 3.63) is 72.3 Å². The van der Waals surface area contributed by atoms with E-state index in [1.165, 1.54) is 30.6 Å². The number of fused-ring (bicyclic) bond motifs is 1. The van der Waals surface area contributed by atoms with Crippen molar-refractivity contribution < 1.29 is 17.5 Å². The fourth-order valence-corrected chi connectivity index (χ4v) is 5.24. The zero-order valence-electron chi connectivity index (χ0n) is 15.3. The molecular weight excluding hydrogens is 427 g/mol. The predicted octanol–water partition coefficient (Wildman–Crippen LogP) is 4.26. The number of aromatic nitrogens is 2. The first kappa shape index (κ1) is 19.8. The maximum atomic E-state index is 14.2. The summed E-state index contributed by atoms with van der Waals surface area (Å²) < 4.78 is 48.0. The number of hydrogen-bond acceptors (Lipinski definition) is 7. The molecule has 4 aromatic rings. The minimum Gasteiger partial charge on any atom is -0.477 e. The molecule has 0 amide bonds. The van der Waals surface area contributed by atoms with Gasteiger partial charge >= 0.3 is 0 Å². The summed E-state index contributed by atoms with van der Waals surface area (Å²) in [7, 11) is -4.20. The fourth-order valence-electron chi connectivity index (χ4n) is 2.88. The molecule has 0 unspecified atom stereocenters. The van der Waals surface area contributed by atoms with Crippen LogP contribution in [-0.2, 0) is 10.0 Å². The predicted molar refractivity (Wildman–Crippen MR) is 111 cm³/mol. The Labute approximate surface area is 175 Å². The number of nitriles is 1. The SMILES string of the molecule is N#CCOc1ccccc1N(c1nccs1)S(=O)(=O)c1ccc2cncc(F)c2c1. The maximum absolute atomic E-state index is 14.2. The molecule has 10 heteroatoms. The van der Waals surface area contributed by atoms with Gasteiger partial charge in [-0.2, -0.15) is 5.26 Å². The highest BCUT2D eigenvalue weighted by Crippen LogP contribution is 2.39. The highest BCUT2D eigenvalue weighted by Gasteiger charge is 2.31. The number of hydrogen-bond donors (Lipinski definition) is 0. The Hall–Kier alpha value is -3.55. The van der Waals surface area contributed by atoms with Crippen LogP contribution in [0.15, 0.2) is 71.3 Å². The molecule has 2 aromatic heterocycles. The summed E-state index contributed by atoms with van der Waals surface area (Å²) in [6.07, 6.45) is 3.97. The third-order valence-electron chi connectivity index (χ3n) is 4.19. The standard InChI is InChI=1S/C20H13FN4O3S2/c21-17-13-23-12-14-5-6-15(11-16(14)17)30(26,27)25(20-24-8-10-29-20)18-3-1-2-4-19(18)28-9-7-22/h1-6,8,10-13H,9H2.